The van der Waals surface area contributed by atoms with Crippen LogP contribution in [0.15, 0.2) is 0 Å². The van der Waals surface area contributed by atoms with Gasteiger partial charge in [0, 0.05) is 0 Å². The van der Waals surface area contributed by atoms with E-state index in [-0.39, 0.29) is 0 Å². The molecule has 0 saturated heterocycles. The molecule has 0 amide bonds. The van der Waals surface area contributed by atoms with Crippen molar-refractivity contribution >= 4 is 48.0 Å². The van der Waals surface area contributed by atoms with Crippen LogP contribution in [0.5, 0.6) is 0 Å². The predicted molar refractivity (Wildman–Crippen MR) is 86.5 cm³/mol. The molecule has 0 atom stereocenters. The average Bonchev–Trinajstić information content (AvgIpc) is 2.40. The zero-order valence-electron chi connectivity index (χ0n) is 12.5. The fourth-order valence-corrected chi connectivity index (χ4v) is 15.9. The minimum absolute atomic E-state index is 0.401. The van der Waals surface area contributed by atoms with Crippen LogP contribution in [0.2, 0.25) is 13.3 Å². The maximum absolute atomic E-state index is 11.8. The van der Waals surface area contributed by atoms with Crippen molar-refractivity contribution < 1.29 is 7.87 Å². The van der Waals surface area contributed by atoms with Gasteiger partial charge in [-0.25, -0.2) is 0 Å². The molecular formula is C14H28Cl2O2Sn. The van der Waals surface area contributed by atoms with Gasteiger partial charge in [0.25, 0.3) is 0 Å². The van der Waals surface area contributed by atoms with Gasteiger partial charge in [0.15, 0.2) is 0 Å². The van der Waals surface area contributed by atoms with Crippen molar-refractivity contribution in [2.24, 2.45) is 0 Å². The number of halogens is 2. The maximum atomic E-state index is 11.8. The van der Waals surface area contributed by atoms with Crippen LogP contribution in [0.4, 0.5) is 0 Å². The van der Waals surface area contributed by atoms with E-state index in [4.69, 9.17) is 26.3 Å². The number of hydrogen-bond donors (Lipinski definition) is 0. The number of rotatable bonds is 11. The molecule has 0 rings (SSSR count). The first-order chi connectivity index (χ1) is 9.01. The number of hydrogen-bond acceptors (Lipinski definition) is 2. The van der Waals surface area contributed by atoms with E-state index in [1.165, 1.54) is 0 Å². The summed E-state index contributed by atoms with van der Waals surface area (Å²) < 4.78 is 9.28. The molecule has 0 fully saturated rings. The number of unbranched alkanes of at least 4 members (excludes halogenated alkanes) is 3. The van der Waals surface area contributed by atoms with Crippen LogP contribution in [-0.2, 0) is 7.87 Å². The summed E-state index contributed by atoms with van der Waals surface area (Å²) in [5, 5.41) is 0. The third kappa shape index (κ3) is 8.67. The molecule has 0 aliphatic carbocycles. The summed E-state index contributed by atoms with van der Waals surface area (Å²) in [7, 11) is 0. The molecule has 114 valence electrons. The van der Waals surface area contributed by atoms with Gasteiger partial charge in [0.1, 0.15) is 0 Å². The molecule has 0 aromatic carbocycles. The molecule has 5 heteroatoms. The topological polar surface area (TPSA) is 26.3 Å². The van der Waals surface area contributed by atoms with E-state index in [0.29, 0.717) is 0 Å². The fourth-order valence-electron chi connectivity index (χ4n) is 2.28. The number of carbonyl (C=O) groups is 1. The van der Waals surface area contributed by atoms with E-state index >= 15 is 0 Å². The van der Waals surface area contributed by atoms with Crippen molar-refractivity contribution in [2.75, 3.05) is 0 Å². The Kier molecular flexibility index (Phi) is 12.0. The van der Waals surface area contributed by atoms with Gasteiger partial charge >= 0.3 is 133 Å². The molecule has 0 radical (unpaired) electrons. The van der Waals surface area contributed by atoms with E-state index in [9.17, 15) is 4.79 Å². The molecule has 0 aromatic heterocycles. The van der Waals surface area contributed by atoms with Crippen molar-refractivity contribution in [3.05, 3.63) is 0 Å². The first-order valence-corrected chi connectivity index (χ1v) is 15.6. The molecule has 0 spiro atoms. The van der Waals surface area contributed by atoms with Gasteiger partial charge in [-0.2, -0.15) is 0 Å². The zero-order chi connectivity index (χ0) is 14.7. The Morgan fingerprint density at radius 3 is 1.58 bits per heavy atom. The van der Waals surface area contributed by atoms with Crippen LogP contribution >= 0.6 is 23.2 Å². The Labute approximate surface area is 133 Å². The Hall–Kier alpha value is 0.849. The van der Waals surface area contributed by atoms with E-state index in [1.807, 2.05) is 0 Å². The summed E-state index contributed by atoms with van der Waals surface area (Å²) in [6.07, 6.45) is 6.93. The van der Waals surface area contributed by atoms with Crippen LogP contribution in [0.1, 0.15) is 59.3 Å². The molecule has 0 saturated carbocycles. The van der Waals surface area contributed by atoms with Gasteiger partial charge in [-0.15, -0.1) is 0 Å². The van der Waals surface area contributed by atoms with E-state index < -0.39 is 29.6 Å². The quantitative estimate of drug-likeness (QED) is 0.319. The summed E-state index contributed by atoms with van der Waals surface area (Å²) in [6.45, 7) is 6.55. The summed E-state index contributed by atoms with van der Waals surface area (Å²) in [5.74, 6) is -0.401. The minimum atomic E-state index is -2.84. The summed E-state index contributed by atoms with van der Waals surface area (Å²) >= 11 is 8.48. The third-order valence-electron chi connectivity index (χ3n) is 3.45. The Balaban J connectivity index is 4.80. The van der Waals surface area contributed by atoms with Crippen LogP contribution in [-0.4, -0.2) is 29.6 Å². The molecule has 19 heavy (non-hydrogen) atoms. The van der Waals surface area contributed by atoms with E-state index in [1.54, 1.807) is 0 Å². The number of carbonyl (C=O) groups excluding carboxylic acids is 1. The monoisotopic (exact) mass is 418 g/mol. The number of alkyl halides is 2. The second-order valence-electron chi connectivity index (χ2n) is 5.22. The Morgan fingerprint density at radius 1 is 0.947 bits per heavy atom. The zero-order valence-corrected chi connectivity index (χ0v) is 16.9. The molecule has 0 unspecified atom stereocenters. The van der Waals surface area contributed by atoms with Gasteiger partial charge in [-0.05, 0) is 0 Å². The summed E-state index contributed by atoms with van der Waals surface area (Å²) in [4.78, 5) is 10.8. The molecular weight excluding hydrogens is 390 g/mol. The van der Waals surface area contributed by atoms with Crippen molar-refractivity contribution in [1.82, 2.24) is 0 Å². The standard InChI is InChI=1S/3C4H9.C2H2Cl2O2.Sn/c3*1-3-4-2;3-1(4)2(5)6;/h3*1,3-4H2,2H3;1H,(H,5,6);/q;;;;+1/p-1. The van der Waals surface area contributed by atoms with Gasteiger partial charge < -0.3 is 0 Å². The molecule has 0 bridgehead atoms. The third-order valence-corrected chi connectivity index (χ3v) is 16.4. The molecule has 0 aliphatic heterocycles. The van der Waals surface area contributed by atoms with Crippen molar-refractivity contribution in [1.29, 1.82) is 0 Å². The molecule has 0 aromatic rings. The van der Waals surface area contributed by atoms with E-state index in [2.05, 4.69) is 20.8 Å². The Bertz CT molecular complexity index is 226. The normalized spacial score (nSPS) is 11.9. The van der Waals surface area contributed by atoms with Crippen LogP contribution in [0.3, 0.4) is 0 Å². The molecule has 0 aliphatic rings. The van der Waals surface area contributed by atoms with Gasteiger partial charge in [0.2, 0.25) is 0 Å². The van der Waals surface area contributed by atoms with Crippen molar-refractivity contribution in [3.63, 3.8) is 0 Å². The van der Waals surface area contributed by atoms with E-state index in [0.717, 1.165) is 51.8 Å². The molecule has 0 heterocycles. The van der Waals surface area contributed by atoms with Gasteiger partial charge in [-0.1, -0.05) is 0 Å². The first-order valence-electron chi connectivity index (χ1n) is 7.52. The molecule has 0 N–H and O–H groups in total. The Morgan fingerprint density at radius 2 is 1.32 bits per heavy atom. The second-order valence-corrected chi connectivity index (χ2v) is 17.9. The summed E-state index contributed by atoms with van der Waals surface area (Å²) in [5.41, 5.74) is 0. The van der Waals surface area contributed by atoms with Crippen LogP contribution in [0.25, 0.3) is 0 Å². The fraction of sp³-hybridized carbons (Fsp3) is 0.929. The predicted octanol–water partition coefficient (Wildman–Crippen LogP) is 5.68. The van der Waals surface area contributed by atoms with Gasteiger partial charge in [-0.3, -0.25) is 0 Å². The van der Waals surface area contributed by atoms with Gasteiger partial charge in [0.05, 0.1) is 0 Å². The van der Waals surface area contributed by atoms with Crippen LogP contribution < -0.4 is 0 Å². The second kappa shape index (κ2) is 11.5. The SMILES string of the molecule is CCC[CH2][Sn]([CH2]CCC)([CH2]CCC)[O]C(=O)C(Cl)Cl. The first kappa shape index (κ1) is 19.8. The average molecular weight is 418 g/mol. The summed E-state index contributed by atoms with van der Waals surface area (Å²) in [6, 6.07) is 0. The molecule has 2 nitrogen and oxygen atoms in total. The van der Waals surface area contributed by atoms with Crippen molar-refractivity contribution in [2.45, 2.75) is 77.4 Å². The van der Waals surface area contributed by atoms with Crippen LogP contribution in [0, 0.1) is 0 Å². The van der Waals surface area contributed by atoms with Crippen molar-refractivity contribution in [3.8, 4) is 0 Å².